The summed E-state index contributed by atoms with van der Waals surface area (Å²) >= 11 is 0. The molecule has 2 aromatic carbocycles. The first-order chi connectivity index (χ1) is 13.3. The minimum Gasteiger partial charge on any atom is -0.328 e. The minimum absolute atomic E-state index is 0.0462. The van der Waals surface area contributed by atoms with Crippen LogP contribution in [-0.4, -0.2) is 33.1 Å². The Morgan fingerprint density at radius 2 is 1.79 bits per heavy atom. The Morgan fingerprint density at radius 3 is 2.39 bits per heavy atom. The van der Waals surface area contributed by atoms with Crippen LogP contribution in [0.1, 0.15) is 48.5 Å². The van der Waals surface area contributed by atoms with E-state index in [1.165, 1.54) is 24.3 Å². The maximum Gasteiger partial charge on any atom is 0.269 e. The molecule has 2 bridgehead atoms. The molecule has 1 amide bonds. The van der Waals surface area contributed by atoms with E-state index in [0.29, 0.717) is 5.56 Å². The van der Waals surface area contributed by atoms with Gasteiger partial charge in [-0.05, 0) is 37.5 Å². The Morgan fingerprint density at radius 1 is 1.14 bits per heavy atom. The number of nitrogens with zero attached hydrogens (tertiary/aromatic N) is 2. The maximum atomic E-state index is 13.4. The Balaban J connectivity index is 1.75. The quantitative estimate of drug-likeness (QED) is 0.598. The molecule has 2 fully saturated rings. The van der Waals surface area contributed by atoms with E-state index in [1.807, 2.05) is 49.1 Å². The van der Waals surface area contributed by atoms with Crippen molar-refractivity contribution in [2.75, 3.05) is 0 Å². The number of benzene rings is 2. The second kappa shape index (κ2) is 6.55. The van der Waals surface area contributed by atoms with Crippen molar-refractivity contribution in [3.8, 4) is 0 Å². The van der Waals surface area contributed by atoms with E-state index in [-0.39, 0.29) is 35.3 Å². The van der Waals surface area contributed by atoms with Gasteiger partial charge in [-0.1, -0.05) is 37.3 Å². The zero-order valence-electron chi connectivity index (χ0n) is 15.9. The molecule has 0 aliphatic carbocycles. The van der Waals surface area contributed by atoms with Gasteiger partial charge in [-0.25, -0.2) is 0 Å². The molecule has 144 valence electrons. The highest BCUT2D eigenvalue weighted by Gasteiger charge is 2.59. The van der Waals surface area contributed by atoms with Crippen LogP contribution in [0.15, 0.2) is 54.6 Å². The van der Waals surface area contributed by atoms with Crippen LogP contribution >= 0.6 is 0 Å². The lowest BCUT2D eigenvalue weighted by Crippen LogP contribution is -2.61. The number of non-ortho nitro benzene ring substituents is 1. The lowest BCUT2D eigenvalue weighted by atomic mass is 9.71. The van der Waals surface area contributed by atoms with E-state index in [0.717, 1.165) is 18.4 Å². The third kappa shape index (κ3) is 2.63. The van der Waals surface area contributed by atoms with E-state index in [4.69, 9.17) is 0 Å². The van der Waals surface area contributed by atoms with Crippen LogP contribution in [0.25, 0.3) is 0 Å². The number of hydrogen-bond acceptors (Lipinski definition) is 4. The predicted molar refractivity (Wildman–Crippen MR) is 104 cm³/mol. The van der Waals surface area contributed by atoms with E-state index in [2.05, 4.69) is 0 Å². The van der Waals surface area contributed by atoms with Crippen LogP contribution < -0.4 is 0 Å². The highest BCUT2D eigenvalue weighted by atomic mass is 16.6. The largest absolute Gasteiger partial charge is 0.328 e. The Labute approximate surface area is 163 Å². The second-order valence-electron chi connectivity index (χ2n) is 7.98. The highest BCUT2D eigenvalue weighted by molar-refractivity contribution is 5.99. The molecule has 6 nitrogen and oxygen atoms in total. The molecule has 0 spiro atoms. The molecule has 0 aromatic heterocycles. The Kier molecular flexibility index (Phi) is 4.29. The third-order valence-corrected chi connectivity index (χ3v) is 6.44. The fourth-order valence-electron chi connectivity index (χ4n) is 5.00. The number of Topliss-reactive ketones (excluding diaryl/α,β-unsaturated/α-hetero) is 1. The fraction of sp³-hybridized carbons (Fsp3) is 0.364. The lowest BCUT2D eigenvalue weighted by Gasteiger charge is -2.49. The SMILES string of the molecule is C[C@H]1C(=O)[C@H](c2ccccc2)[C@@]2(C)CC[C@@H]1N2C(=O)c1ccc([N+](=O)[O-])cc1. The van der Waals surface area contributed by atoms with Crippen molar-refractivity contribution >= 4 is 17.4 Å². The molecule has 2 aliphatic heterocycles. The molecule has 2 aromatic rings. The molecular weight excluding hydrogens is 356 g/mol. The molecule has 2 aliphatic rings. The van der Waals surface area contributed by atoms with Crippen molar-refractivity contribution in [2.24, 2.45) is 5.92 Å². The van der Waals surface area contributed by atoms with Crippen LogP contribution in [0, 0.1) is 16.0 Å². The molecule has 2 saturated heterocycles. The zero-order valence-corrected chi connectivity index (χ0v) is 15.9. The van der Waals surface area contributed by atoms with Crippen molar-refractivity contribution in [1.29, 1.82) is 0 Å². The van der Waals surface area contributed by atoms with Crippen molar-refractivity contribution < 1.29 is 14.5 Å². The summed E-state index contributed by atoms with van der Waals surface area (Å²) in [6.07, 6.45) is 1.54. The molecule has 0 saturated carbocycles. The van der Waals surface area contributed by atoms with Gasteiger partial charge in [-0.3, -0.25) is 19.7 Å². The predicted octanol–water partition coefficient (Wildman–Crippen LogP) is 3.96. The Bertz CT molecular complexity index is 941. The average Bonchev–Trinajstić information content (AvgIpc) is 3.00. The molecule has 0 unspecified atom stereocenters. The topological polar surface area (TPSA) is 80.5 Å². The summed E-state index contributed by atoms with van der Waals surface area (Å²) in [5, 5.41) is 10.9. The number of fused-ring (bicyclic) bond motifs is 2. The summed E-state index contributed by atoms with van der Waals surface area (Å²) in [6.45, 7) is 3.90. The summed E-state index contributed by atoms with van der Waals surface area (Å²) in [4.78, 5) is 38.9. The first kappa shape index (κ1) is 18.3. The number of piperidine rings is 1. The number of nitro benzene ring substituents is 1. The van der Waals surface area contributed by atoms with Crippen LogP contribution in [0.3, 0.4) is 0 Å². The molecule has 2 heterocycles. The summed E-state index contributed by atoms with van der Waals surface area (Å²) < 4.78 is 0. The normalized spacial score (nSPS) is 29.0. The van der Waals surface area contributed by atoms with Crippen LogP contribution in [0.4, 0.5) is 5.69 Å². The summed E-state index contributed by atoms with van der Waals surface area (Å²) in [5.41, 5.74) is 0.699. The minimum atomic E-state index is -0.603. The van der Waals surface area contributed by atoms with Crippen LogP contribution in [-0.2, 0) is 4.79 Å². The van der Waals surface area contributed by atoms with Gasteiger partial charge in [0.25, 0.3) is 11.6 Å². The monoisotopic (exact) mass is 378 g/mol. The van der Waals surface area contributed by atoms with Gasteiger partial charge in [0.05, 0.1) is 16.4 Å². The van der Waals surface area contributed by atoms with Crippen molar-refractivity contribution in [3.63, 3.8) is 0 Å². The van der Waals surface area contributed by atoms with E-state index in [9.17, 15) is 19.7 Å². The molecule has 6 heteroatoms. The molecule has 4 rings (SSSR count). The summed E-state index contributed by atoms with van der Waals surface area (Å²) in [5.74, 6) is -0.601. The van der Waals surface area contributed by atoms with E-state index >= 15 is 0 Å². The maximum absolute atomic E-state index is 13.4. The standard InChI is InChI=1S/C22H22N2O4/c1-14-18-12-13-22(2,19(20(14)25)15-6-4-3-5-7-15)23(18)21(26)16-8-10-17(11-9-16)24(27)28/h3-11,14,18-19H,12-13H2,1-2H3/t14-,18+,19+,22-/m1/s1. The average molecular weight is 378 g/mol. The number of hydrogen-bond donors (Lipinski definition) is 0. The first-order valence-corrected chi connectivity index (χ1v) is 9.51. The van der Waals surface area contributed by atoms with E-state index < -0.39 is 10.5 Å². The first-order valence-electron chi connectivity index (χ1n) is 9.51. The van der Waals surface area contributed by atoms with Gasteiger partial charge >= 0.3 is 0 Å². The number of nitro groups is 1. The molecule has 4 atom stereocenters. The number of carbonyl (C=O) groups is 2. The third-order valence-electron chi connectivity index (χ3n) is 6.44. The smallest absolute Gasteiger partial charge is 0.269 e. The summed E-state index contributed by atoms with van der Waals surface area (Å²) in [6, 6.07) is 15.2. The number of amides is 1. The van der Waals surface area contributed by atoms with Gasteiger partial charge in [0.15, 0.2) is 0 Å². The van der Waals surface area contributed by atoms with Crippen molar-refractivity contribution in [2.45, 2.75) is 44.2 Å². The van der Waals surface area contributed by atoms with Gasteiger partial charge in [0, 0.05) is 29.7 Å². The highest BCUT2D eigenvalue weighted by Crippen LogP contribution is 2.52. The second-order valence-corrected chi connectivity index (χ2v) is 7.98. The Hall–Kier alpha value is -3.02. The van der Waals surface area contributed by atoms with Crippen LogP contribution in [0.2, 0.25) is 0 Å². The number of carbonyl (C=O) groups excluding carboxylic acids is 2. The molecule has 28 heavy (non-hydrogen) atoms. The van der Waals surface area contributed by atoms with Gasteiger partial charge in [-0.15, -0.1) is 0 Å². The van der Waals surface area contributed by atoms with Crippen molar-refractivity contribution in [1.82, 2.24) is 4.90 Å². The lowest BCUT2D eigenvalue weighted by molar-refractivity contribution is -0.384. The number of ketones is 1. The van der Waals surface area contributed by atoms with Gasteiger partial charge < -0.3 is 4.90 Å². The number of rotatable bonds is 3. The van der Waals surface area contributed by atoms with Gasteiger partial charge in [0.2, 0.25) is 0 Å². The molecule has 0 radical (unpaired) electrons. The fourth-order valence-corrected chi connectivity index (χ4v) is 5.00. The zero-order chi connectivity index (χ0) is 20.1. The molecule has 0 N–H and O–H groups in total. The van der Waals surface area contributed by atoms with Crippen molar-refractivity contribution in [3.05, 3.63) is 75.8 Å². The molecular formula is C22H22N2O4. The van der Waals surface area contributed by atoms with Crippen LogP contribution in [0.5, 0.6) is 0 Å². The summed E-state index contributed by atoms with van der Waals surface area (Å²) in [7, 11) is 0. The van der Waals surface area contributed by atoms with Gasteiger partial charge in [-0.2, -0.15) is 0 Å². The van der Waals surface area contributed by atoms with E-state index in [1.54, 1.807) is 0 Å². The van der Waals surface area contributed by atoms with Gasteiger partial charge in [0.1, 0.15) is 5.78 Å².